The summed E-state index contributed by atoms with van der Waals surface area (Å²) in [5.41, 5.74) is 2.33. The van der Waals surface area contributed by atoms with Gasteiger partial charge in [-0.1, -0.05) is 17.7 Å². The zero-order chi connectivity index (χ0) is 15.7. The van der Waals surface area contributed by atoms with E-state index in [1.165, 1.54) is 13.3 Å². The summed E-state index contributed by atoms with van der Waals surface area (Å²) in [6.07, 6.45) is -0.725. The number of methoxy groups -OCH3 is 1. The average Bonchev–Trinajstić information content (AvgIpc) is 2.50. The fraction of sp³-hybridized carbons (Fsp3) is 0.312. The van der Waals surface area contributed by atoms with E-state index >= 15 is 0 Å². The minimum Gasteiger partial charge on any atom is -0.491 e. The number of rotatable bonds is 2. The van der Waals surface area contributed by atoms with Gasteiger partial charge in [0.05, 0.1) is 25.8 Å². The molecule has 0 aliphatic carbocycles. The Morgan fingerprint density at radius 2 is 2.14 bits per heavy atom. The van der Waals surface area contributed by atoms with E-state index in [4.69, 9.17) is 21.1 Å². The summed E-state index contributed by atoms with van der Waals surface area (Å²) >= 11 is 6.07. The molecule has 1 aliphatic rings. The van der Waals surface area contributed by atoms with Crippen molar-refractivity contribution in [1.29, 1.82) is 0 Å². The van der Waals surface area contributed by atoms with Crippen LogP contribution in [0.25, 0.3) is 11.1 Å². The summed E-state index contributed by atoms with van der Waals surface area (Å²) < 4.78 is 37.0. The van der Waals surface area contributed by atoms with Crippen molar-refractivity contribution in [2.75, 3.05) is 13.7 Å². The normalized spacial score (nSPS) is 17.0. The maximum Gasteiger partial charge on any atom is 0.245 e. The number of ether oxygens (including phenoxy) is 2. The fourth-order valence-corrected chi connectivity index (χ4v) is 2.71. The van der Waals surface area contributed by atoms with Gasteiger partial charge < -0.3 is 9.47 Å². The standard InChI is InChI=1S/C16H14ClF2NO2/c1-21-15-6-13-12-5-11(17)3-2-9(12)4-10(16(18)19)8-22-14(13)7-20-15/h2-3,5-7,10,16H,4,8H2,1H3. The van der Waals surface area contributed by atoms with Crippen LogP contribution >= 0.6 is 11.6 Å². The number of pyridine rings is 1. The van der Waals surface area contributed by atoms with Crippen molar-refractivity contribution in [2.24, 2.45) is 5.92 Å². The van der Waals surface area contributed by atoms with E-state index in [0.717, 1.165) is 16.7 Å². The van der Waals surface area contributed by atoms with Crippen molar-refractivity contribution in [2.45, 2.75) is 12.8 Å². The van der Waals surface area contributed by atoms with Gasteiger partial charge in [-0.2, -0.15) is 0 Å². The molecule has 0 saturated heterocycles. The Labute approximate surface area is 131 Å². The van der Waals surface area contributed by atoms with Crippen LogP contribution in [0.15, 0.2) is 30.5 Å². The number of aromatic nitrogens is 1. The first-order valence-corrected chi connectivity index (χ1v) is 7.20. The van der Waals surface area contributed by atoms with Crippen molar-refractivity contribution >= 4 is 11.6 Å². The van der Waals surface area contributed by atoms with E-state index < -0.39 is 12.3 Å². The third kappa shape index (κ3) is 2.86. The second kappa shape index (κ2) is 6.08. The van der Waals surface area contributed by atoms with Crippen LogP contribution in [0.4, 0.5) is 8.78 Å². The predicted octanol–water partition coefficient (Wildman–Crippen LogP) is 4.23. The molecule has 1 unspecified atom stereocenters. The number of halogens is 3. The Morgan fingerprint density at radius 1 is 1.32 bits per heavy atom. The average molecular weight is 326 g/mol. The van der Waals surface area contributed by atoms with Gasteiger partial charge in [0.2, 0.25) is 12.3 Å². The molecule has 6 heteroatoms. The molecule has 1 aliphatic heterocycles. The lowest BCUT2D eigenvalue weighted by atomic mass is 9.91. The van der Waals surface area contributed by atoms with Crippen molar-refractivity contribution in [1.82, 2.24) is 4.98 Å². The molecule has 0 bridgehead atoms. The minimum absolute atomic E-state index is 0.0548. The first-order valence-electron chi connectivity index (χ1n) is 6.82. The summed E-state index contributed by atoms with van der Waals surface area (Å²) in [6, 6.07) is 6.98. The first-order chi connectivity index (χ1) is 10.6. The molecule has 0 spiro atoms. The van der Waals surface area contributed by atoms with Gasteiger partial charge in [0.1, 0.15) is 5.75 Å². The molecule has 3 rings (SSSR count). The van der Waals surface area contributed by atoms with Gasteiger partial charge in [-0.15, -0.1) is 0 Å². The number of benzene rings is 1. The highest BCUT2D eigenvalue weighted by atomic mass is 35.5. The molecule has 1 aromatic carbocycles. The lowest BCUT2D eigenvalue weighted by Crippen LogP contribution is -2.24. The van der Waals surface area contributed by atoms with Crippen LogP contribution < -0.4 is 9.47 Å². The van der Waals surface area contributed by atoms with Gasteiger partial charge in [0, 0.05) is 16.7 Å². The SMILES string of the molecule is COc1cc2c(cn1)OCC(C(F)F)Cc1ccc(Cl)cc1-2. The third-order valence-corrected chi connectivity index (χ3v) is 3.94. The lowest BCUT2D eigenvalue weighted by Gasteiger charge is -2.24. The monoisotopic (exact) mass is 325 g/mol. The van der Waals surface area contributed by atoms with Gasteiger partial charge >= 0.3 is 0 Å². The largest absolute Gasteiger partial charge is 0.491 e. The Kier molecular flexibility index (Phi) is 4.16. The molecule has 0 N–H and O–H groups in total. The van der Waals surface area contributed by atoms with Gasteiger partial charge in [-0.3, -0.25) is 0 Å². The molecule has 2 aromatic rings. The van der Waals surface area contributed by atoms with Crippen LogP contribution in [0.3, 0.4) is 0 Å². The molecule has 0 radical (unpaired) electrons. The zero-order valence-corrected chi connectivity index (χ0v) is 12.6. The first kappa shape index (κ1) is 15.0. The molecule has 22 heavy (non-hydrogen) atoms. The third-order valence-electron chi connectivity index (χ3n) is 3.70. The van der Waals surface area contributed by atoms with Crippen LogP contribution in [0, 0.1) is 5.92 Å². The van der Waals surface area contributed by atoms with Gasteiger partial charge in [0.15, 0.2) is 0 Å². The van der Waals surface area contributed by atoms with Crippen LogP contribution in [0.1, 0.15) is 5.56 Å². The quantitative estimate of drug-likeness (QED) is 0.828. The summed E-state index contributed by atoms with van der Waals surface area (Å²) in [5.74, 6) is 0.0177. The highest BCUT2D eigenvalue weighted by Crippen LogP contribution is 2.39. The van der Waals surface area contributed by atoms with E-state index in [1.807, 2.05) is 0 Å². The lowest BCUT2D eigenvalue weighted by molar-refractivity contribution is 0.0477. The van der Waals surface area contributed by atoms with Crippen molar-refractivity contribution in [3.05, 3.63) is 41.0 Å². The smallest absolute Gasteiger partial charge is 0.245 e. The van der Waals surface area contributed by atoms with Crippen LogP contribution in [0.2, 0.25) is 5.02 Å². The van der Waals surface area contributed by atoms with Gasteiger partial charge in [0.25, 0.3) is 0 Å². The molecular formula is C16H14ClF2NO2. The Morgan fingerprint density at radius 3 is 2.86 bits per heavy atom. The second-order valence-corrected chi connectivity index (χ2v) is 5.57. The van der Waals surface area contributed by atoms with Crippen LogP contribution in [-0.2, 0) is 6.42 Å². The van der Waals surface area contributed by atoms with E-state index in [9.17, 15) is 8.78 Å². The van der Waals surface area contributed by atoms with Gasteiger partial charge in [-0.25, -0.2) is 13.8 Å². The molecule has 0 saturated carbocycles. The second-order valence-electron chi connectivity index (χ2n) is 5.13. The molecule has 0 fully saturated rings. The van der Waals surface area contributed by atoms with Crippen molar-refractivity contribution in [3.63, 3.8) is 0 Å². The number of nitrogens with zero attached hydrogens (tertiary/aromatic N) is 1. The molecule has 3 nitrogen and oxygen atoms in total. The van der Waals surface area contributed by atoms with E-state index in [2.05, 4.69) is 4.98 Å². The number of alkyl halides is 2. The molecule has 0 amide bonds. The van der Waals surface area contributed by atoms with E-state index in [0.29, 0.717) is 16.7 Å². The molecule has 116 valence electrons. The van der Waals surface area contributed by atoms with Crippen molar-refractivity contribution < 1.29 is 18.3 Å². The summed E-state index contributed by atoms with van der Waals surface area (Å²) in [7, 11) is 1.52. The molecule has 2 heterocycles. The number of hydrogen-bond acceptors (Lipinski definition) is 3. The summed E-state index contributed by atoms with van der Waals surface area (Å²) in [4.78, 5) is 4.08. The maximum absolute atomic E-state index is 13.2. The maximum atomic E-state index is 13.2. The highest BCUT2D eigenvalue weighted by molar-refractivity contribution is 6.30. The zero-order valence-electron chi connectivity index (χ0n) is 11.9. The Bertz CT molecular complexity index is 694. The molecule has 1 atom stereocenters. The summed E-state index contributed by atoms with van der Waals surface area (Å²) in [6.45, 7) is -0.0548. The van der Waals surface area contributed by atoms with Crippen LogP contribution in [-0.4, -0.2) is 25.1 Å². The Hall–Kier alpha value is -1.88. The van der Waals surface area contributed by atoms with Crippen molar-refractivity contribution in [3.8, 4) is 22.8 Å². The van der Waals surface area contributed by atoms with E-state index in [1.54, 1.807) is 24.3 Å². The molecular weight excluding hydrogens is 312 g/mol. The van der Waals surface area contributed by atoms with E-state index in [-0.39, 0.29) is 13.0 Å². The predicted molar refractivity (Wildman–Crippen MR) is 79.9 cm³/mol. The number of fused-ring (bicyclic) bond motifs is 3. The highest BCUT2D eigenvalue weighted by Gasteiger charge is 2.27. The molecule has 1 aromatic heterocycles. The van der Waals surface area contributed by atoms with Gasteiger partial charge in [-0.05, 0) is 29.7 Å². The Balaban J connectivity index is 2.16. The topological polar surface area (TPSA) is 31.4 Å². The van der Waals surface area contributed by atoms with Crippen LogP contribution in [0.5, 0.6) is 11.6 Å². The summed E-state index contributed by atoms with van der Waals surface area (Å²) in [5, 5.41) is 0.537. The minimum atomic E-state index is -2.45. The number of hydrogen-bond donors (Lipinski definition) is 0. The fourth-order valence-electron chi connectivity index (χ4n) is 2.54.